The van der Waals surface area contributed by atoms with Gasteiger partial charge in [0.05, 0.1) is 23.7 Å². The lowest BCUT2D eigenvalue weighted by molar-refractivity contribution is 0.146. The predicted molar refractivity (Wildman–Crippen MR) is 115 cm³/mol. The second-order valence-corrected chi connectivity index (χ2v) is 8.46. The lowest BCUT2D eigenvalue weighted by Gasteiger charge is -2.25. The van der Waals surface area contributed by atoms with Crippen LogP contribution in [-0.2, 0) is 21.3 Å². The monoisotopic (exact) mass is 411 g/mol. The Morgan fingerprint density at radius 1 is 0.862 bits per heavy atom. The van der Waals surface area contributed by atoms with Crippen LogP contribution in [-0.4, -0.2) is 28.7 Å². The van der Waals surface area contributed by atoms with Gasteiger partial charge in [-0.1, -0.05) is 48.5 Å². The van der Waals surface area contributed by atoms with Gasteiger partial charge in [0.15, 0.2) is 0 Å². The molecule has 0 saturated heterocycles. The summed E-state index contributed by atoms with van der Waals surface area (Å²) in [5, 5.41) is 0. The predicted octanol–water partition coefficient (Wildman–Crippen LogP) is 4.42. The SMILES string of the molecule is COCCOc1ccc(S(=O)(=O)N(Cc2ccccc2)c2ccccc2)cc1C. The third-order valence-corrected chi connectivity index (χ3v) is 6.26. The molecule has 0 N–H and O–H groups in total. The standard InChI is InChI=1S/C23H25NO4S/c1-19-17-22(13-14-23(19)28-16-15-27-2)29(25,26)24(21-11-7-4-8-12-21)18-20-9-5-3-6-10-20/h3-14,17H,15-16,18H2,1-2H3. The molecule has 3 aromatic carbocycles. The third-order valence-electron chi connectivity index (χ3n) is 4.49. The van der Waals surface area contributed by atoms with Gasteiger partial charge in [-0.25, -0.2) is 8.42 Å². The minimum atomic E-state index is -3.76. The zero-order valence-corrected chi connectivity index (χ0v) is 17.4. The van der Waals surface area contributed by atoms with Crippen LogP contribution in [0.1, 0.15) is 11.1 Å². The second kappa shape index (κ2) is 9.58. The molecule has 5 nitrogen and oxygen atoms in total. The highest BCUT2D eigenvalue weighted by atomic mass is 32.2. The highest BCUT2D eigenvalue weighted by Crippen LogP contribution is 2.28. The number of hydrogen-bond acceptors (Lipinski definition) is 4. The van der Waals surface area contributed by atoms with Crippen molar-refractivity contribution in [3.63, 3.8) is 0 Å². The summed E-state index contributed by atoms with van der Waals surface area (Å²) in [5.74, 6) is 0.648. The van der Waals surface area contributed by atoms with Crippen molar-refractivity contribution in [2.75, 3.05) is 24.6 Å². The van der Waals surface area contributed by atoms with Gasteiger partial charge in [0.1, 0.15) is 12.4 Å². The fourth-order valence-electron chi connectivity index (χ4n) is 2.97. The number of rotatable bonds is 9. The van der Waals surface area contributed by atoms with Crippen molar-refractivity contribution in [3.05, 3.63) is 90.0 Å². The molecule has 0 unspecified atom stereocenters. The second-order valence-electron chi connectivity index (χ2n) is 6.60. The summed E-state index contributed by atoms with van der Waals surface area (Å²) in [6.45, 7) is 2.97. The van der Waals surface area contributed by atoms with Crippen molar-refractivity contribution in [2.45, 2.75) is 18.4 Å². The van der Waals surface area contributed by atoms with Crippen LogP contribution in [0.2, 0.25) is 0 Å². The minimum Gasteiger partial charge on any atom is -0.491 e. The Morgan fingerprint density at radius 2 is 1.52 bits per heavy atom. The summed E-state index contributed by atoms with van der Waals surface area (Å²) in [7, 11) is -2.16. The number of aryl methyl sites for hydroxylation is 1. The molecule has 6 heteroatoms. The number of hydrogen-bond donors (Lipinski definition) is 0. The molecule has 0 amide bonds. The van der Waals surface area contributed by atoms with Crippen molar-refractivity contribution in [2.24, 2.45) is 0 Å². The van der Waals surface area contributed by atoms with E-state index in [-0.39, 0.29) is 11.4 Å². The number of nitrogens with zero attached hydrogens (tertiary/aromatic N) is 1. The number of sulfonamides is 1. The van der Waals surface area contributed by atoms with Crippen LogP contribution in [0.15, 0.2) is 83.8 Å². The number of methoxy groups -OCH3 is 1. The molecule has 3 rings (SSSR count). The smallest absolute Gasteiger partial charge is 0.264 e. The van der Waals surface area contributed by atoms with Gasteiger partial charge in [0, 0.05) is 7.11 Å². The summed E-state index contributed by atoms with van der Waals surface area (Å²) in [5.41, 5.74) is 2.29. The highest BCUT2D eigenvalue weighted by Gasteiger charge is 2.25. The van der Waals surface area contributed by atoms with E-state index in [0.29, 0.717) is 24.7 Å². The van der Waals surface area contributed by atoms with E-state index in [1.165, 1.54) is 4.31 Å². The Bertz CT molecular complexity index is 1020. The molecule has 0 radical (unpaired) electrons. The van der Waals surface area contributed by atoms with Crippen LogP contribution < -0.4 is 9.04 Å². The molecular formula is C23H25NO4S. The van der Waals surface area contributed by atoms with Crippen LogP contribution in [0.4, 0.5) is 5.69 Å². The molecule has 0 spiro atoms. The first-order valence-corrected chi connectivity index (χ1v) is 10.8. The van der Waals surface area contributed by atoms with Crippen molar-refractivity contribution in [3.8, 4) is 5.75 Å². The first-order chi connectivity index (χ1) is 14.0. The first kappa shape index (κ1) is 20.9. The summed E-state index contributed by atoms with van der Waals surface area (Å²) < 4.78 is 39.1. The molecule has 152 valence electrons. The zero-order chi connectivity index (χ0) is 20.7. The molecule has 0 aliphatic heterocycles. The van der Waals surface area contributed by atoms with E-state index in [1.54, 1.807) is 37.4 Å². The van der Waals surface area contributed by atoms with E-state index in [1.807, 2.05) is 55.5 Å². The number of anilines is 1. The van der Waals surface area contributed by atoms with Crippen LogP contribution in [0.25, 0.3) is 0 Å². The van der Waals surface area contributed by atoms with Gasteiger partial charge in [0.2, 0.25) is 0 Å². The van der Waals surface area contributed by atoms with Gasteiger partial charge < -0.3 is 9.47 Å². The molecule has 0 heterocycles. The Labute approximate surface area is 172 Å². The van der Waals surface area contributed by atoms with Gasteiger partial charge in [-0.3, -0.25) is 4.31 Å². The number of para-hydroxylation sites is 1. The zero-order valence-electron chi connectivity index (χ0n) is 16.6. The Kier molecular flexibility index (Phi) is 6.90. The van der Waals surface area contributed by atoms with Crippen molar-refractivity contribution in [1.29, 1.82) is 0 Å². The van der Waals surface area contributed by atoms with Gasteiger partial charge >= 0.3 is 0 Å². The van der Waals surface area contributed by atoms with E-state index in [9.17, 15) is 8.42 Å². The maximum atomic E-state index is 13.5. The van der Waals surface area contributed by atoms with Crippen molar-refractivity contribution < 1.29 is 17.9 Å². The molecule has 0 aliphatic rings. The van der Waals surface area contributed by atoms with Crippen LogP contribution >= 0.6 is 0 Å². The van der Waals surface area contributed by atoms with E-state index in [0.717, 1.165) is 11.1 Å². The highest BCUT2D eigenvalue weighted by molar-refractivity contribution is 7.92. The molecule has 29 heavy (non-hydrogen) atoms. The largest absolute Gasteiger partial charge is 0.491 e. The topological polar surface area (TPSA) is 55.8 Å². The normalized spacial score (nSPS) is 11.2. The summed E-state index contributed by atoms with van der Waals surface area (Å²) in [6, 6.07) is 23.6. The Morgan fingerprint density at radius 3 is 2.14 bits per heavy atom. The number of ether oxygens (including phenoxy) is 2. The fourth-order valence-corrected chi connectivity index (χ4v) is 4.50. The molecular weight excluding hydrogens is 386 g/mol. The van der Waals surface area contributed by atoms with E-state index in [2.05, 4.69) is 0 Å². The maximum Gasteiger partial charge on any atom is 0.264 e. The Hall–Kier alpha value is -2.83. The molecule has 3 aromatic rings. The summed E-state index contributed by atoms with van der Waals surface area (Å²) in [4.78, 5) is 0.230. The summed E-state index contributed by atoms with van der Waals surface area (Å²) in [6.07, 6.45) is 0. The van der Waals surface area contributed by atoms with Crippen LogP contribution in [0.3, 0.4) is 0 Å². The minimum absolute atomic E-state index is 0.230. The first-order valence-electron chi connectivity index (χ1n) is 9.36. The lowest BCUT2D eigenvalue weighted by atomic mass is 10.2. The van der Waals surface area contributed by atoms with Crippen LogP contribution in [0.5, 0.6) is 5.75 Å². The van der Waals surface area contributed by atoms with Gasteiger partial charge in [-0.15, -0.1) is 0 Å². The third kappa shape index (κ3) is 5.16. The average Bonchev–Trinajstić information content (AvgIpc) is 2.74. The van der Waals surface area contributed by atoms with Gasteiger partial charge in [-0.05, 0) is 48.4 Å². The molecule has 0 fully saturated rings. The van der Waals surface area contributed by atoms with Gasteiger partial charge in [0.25, 0.3) is 10.0 Å². The molecule has 0 aliphatic carbocycles. The molecule has 0 aromatic heterocycles. The molecule has 0 saturated carbocycles. The maximum absolute atomic E-state index is 13.5. The van der Waals surface area contributed by atoms with Crippen molar-refractivity contribution in [1.82, 2.24) is 0 Å². The van der Waals surface area contributed by atoms with Crippen molar-refractivity contribution >= 4 is 15.7 Å². The van der Waals surface area contributed by atoms with E-state index < -0.39 is 10.0 Å². The number of benzene rings is 3. The van der Waals surface area contributed by atoms with E-state index >= 15 is 0 Å². The molecule has 0 bridgehead atoms. The fraction of sp³-hybridized carbons (Fsp3) is 0.217. The quantitative estimate of drug-likeness (QED) is 0.489. The molecule has 0 atom stereocenters. The Balaban J connectivity index is 1.95. The van der Waals surface area contributed by atoms with Gasteiger partial charge in [-0.2, -0.15) is 0 Å². The van der Waals surface area contributed by atoms with E-state index in [4.69, 9.17) is 9.47 Å². The summed E-state index contributed by atoms with van der Waals surface area (Å²) >= 11 is 0. The lowest BCUT2D eigenvalue weighted by Crippen LogP contribution is -2.30. The average molecular weight is 412 g/mol. The van der Waals surface area contributed by atoms with Crippen LogP contribution in [0, 0.1) is 6.92 Å².